The normalized spacial score (nSPS) is 21.7. The van der Waals surface area contributed by atoms with Gasteiger partial charge >= 0.3 is 0 Å². The van der Waals surface area contributed by atoms with E-state index in [4.69, 9.17) is 0 Å². The van der Waals surface area contributed by atoms with Crippen LogP contribution in [0.25, 0.3) is 0 Å². The van der Waals surface area contributed by atoms with Crippen LogP contribution in [0.15, 0.2) is 18.5 Å². The predicted octanol–water partition coefficient (Wildman–Crippen LogP) is -0.974. The van der Waals surface area contributed by atoms with Crippen molar-refractivity contribution in [3.8, 4) is 0 Å². The Kier molecular flexibility index (Phi) is 4.52. The molecular formula is C15H19N5O3. The highest BCUT2D eigenvalue weighted by molar-refractivity contribution is 6.03. The summed E-state index contributed by atoms with van der Waals surface area (Å²) in [6, 6.07) is 1.10. The lowest BCUT2D eigenvalue weighted by molar-refractivity contribution is -0.134. The number of piperidine rings is 1. The first kappa shape index (κ1) is 15.4. The number of amides is 3. The van der Waals surface area contributed by atoms with Crippen LogP contribution in [-0.2, 0) is 9.59 Å². The number of imide groups is 1. The van der Waals surface area contributed by atoms with Crippen LogP contribution in [0.3, 0.4) is 0 Å². The van der Waals surface area contributed by atoms with Gasteiger partial charge in [0.05, 0.1) is 17.4 Å². The molecule has 0 radical (unpaired) electrons. The number of pyridine rings is 1. The number of aromatic nitrogens is 1. The lowest BCUT2D eigenvalue weighted by Crippen LogP contribution is -2.52. The van der Waals surface area contributed by atoms with E-state index in [2.05, 4.69) is 25.8 Å². The molecule has 0 saturated carbocycles. The molecule has 1 atom stereocenters. The van der Waals surface area contributed by atoms with Gasteiger partial charge < -0.3 is 15.5 Å². The summed E-state index contributed by atoms with van der Waals surface area (Å²) in [5.74, 6) is -1.12. The first-order valence-corrected chi connectivity index (χ1v) is 7.69. The number of nitrogens with one attached hydrogen (secondary N) is 3. The average molecular weight is 317 g/mol. The van der Waals surface area contributed by atoms with Gasteiger partial charge in [-0.15, -0.1) is 0 Å². The molecule has 1 unspecified atom stereocenters. The van der Waals surface area contributed by atoms with Crippen LogP contribution in [-0.4, -0.2) is 54.9 Å². The number of nitrogens with zero attached hydrogens (tertiary/aromatic N) is 2. The molecule has 3 heterocycles. The molecule has 1 aromatic rings. The van der Waals surface area contributed by atoms with Crippen LogP contribution in [0.2, 0.25) is 0 Å². The van der Waals surface area contributed by atoms with Gasteiger partial charge in [0, 0.05) is 38.8 Å². The monoisotopic (exact) mass is 317 g/mol. The van der Waals surface area contributed by atoms with Crippen LogP contribution < -0.4 is 20.9 Å². The smallest absolute Gasteiger partial charge is 0.253 e. The van der Waals surface area contributed by atoms with Crippen molar-refractivity contribution >= 4 is 23.4 Å². The summed E-state index contributed by atoms with van der Waals surface area (Å²) in [6.45, 7) is 3.51. The molecule has 2 aliphatic rings. The van der Waals surface area contributed by atoms with E-state index in [0.717, 1.165) is 31.9 Å². The van der Waals surface area contributed by atoms with E-state index in [0.29, 0.717) is 12.0 Å². The standard InChI is InChI=1S/C15H19N5O3/c21-13-2-1-12(15(23)19-13)18-14(22)10-7-11(9-17-8-10)20-5-3-16-4-6-20/h7-9,12,16H,1-6H2,(H,18,22)(H,19,21,23). The van der Waals surface area contributed by atoms with Gasteiger partial charge in [-0.25, -0.2) is 0 Å². The second-order valence-electron chi connectivity index (χ2n) is 5.65. The molecule has 8 nitrogen and oxygen atoms in total. The maximum atomic E-state index is 12.3. The topological polar surface area (TPSA) is 103 Å². The van der Waals surface area contributed by atoms with Crippen molar-refractivity contribution in [1.82, 2.24) is 20.9 Å². The Morgan fingerprint density at radius 2 is 2.04 bits per heavy atom. The molecule has 0 aliphatic carbocycles. The minimum atomic E-state index is -0.678. The largest absolute Gasteiger partial charge is 0.368 e. The fourth-order valence-corrected chi connectivity index (χ4v) is 2.72. The Balaban J connectivity index is 1.67. The molecule has 1 aromatic heterocycles. The van der Waals surface area contributed by atoms with Crippen molar-refractivity contribution in [3.63, 3.8) is 0 Å². The highest BCUT2D eigenvalue weighted by Gasteiger charge is 2.28. The third kappa shape index (κ3) is 3.65. The van der Waals surface area contributed by atoms with Crippen molar-refractivity contribution in [2.24, 2.45) is 0 Å². The zero-order chi connectivity index (χ0) is 16.2. The summed E-state index contributed by atoms with van der Waals surface area (Å²) < 4.78 is 0. The molecule has 23 heavy (non-hydrogen) atoms. The van der Waals surface area contributed by atoms with Gasteiger partial charge in [0.2, 0.25) is 11.8 Å². The Morgan fingerprint density at radius 1 is 1.26 bits per heavy atom. The molecule has 0 aromatic carbocycles. The van der Waals surface area contributed by atoms with Gasteiger partial charge in [0.15, 0.2) is 0 Å². The number of rotatable bonds is 3. The van der Waals surface area contributed by atoms with Gasteiger partial charge in [0.25, 0.3) is 5.91 Å². The Labute approximate surface area is 133 Å². The Morgan fingerprint density at radius 3 is 2.78 bits per heavy atom. The summed E-state index contributed by atoms with van der Waals surface area (Å²) in [6.07, 6.45) is 3.76. The van der Waals surface area contributed by atoms with Crippen molar-refractivity contribution in [1.29, 1.82) is 0 Å². The predicted molar refractivity (Wildman–Crippen MR) is 83.0 cm³/mol. The van der Waals surface area contributed by atoms with E-state index in [-0.39, 0.29) is 18.2 Å². The molecule has 3 N–H and O–H groups in total. The minimum absolute atomic E-state index is 0.232. The fourth-order valence-electron chi connectivity index (χ4n) is 2.72. The highest BCUT2D eigenvalue weighted by atomic mass is 16.2. The number of carbonyl (C=O) groups is 3. The maximum absolute atomic E-state index is 12.3. The molecular weight excluding hydrogens is 298 g/mol. The third-order valence-electron chi connectivity index (χ3n) is 4.01. The number of carbonyl (C=O) groups excluding carboxylic acids is 3. The van der Waals surface area contributed by atoms with Gasteiger partial charge in [-0.05, 0) is 12.5 Å². The van der Waals surface area contributed by atoms with Crippen molar-refractivity contribution in [3.05, 3.63) is 24.0 Å². The Bertz CT molecular complexity index is 627. The highest BCUT2D eigenvalue weighted by Crippen LogP contribution is 2.15. The molecule has 2 saturated heterocycles. The second kappa shape index (κ2) is 6.74. The zero-order valence-electron chi connectivity index (χ0n) is 12.7. The first-order chi connectivity index (χ1) is 11.1. The lowest BCUT2D eigenvalue weighted by Gasteiger charge is -2.29. The van der Waals surface area contributed by atoms with Crippen LogP contribution >= 0.6 is 0 Å². The molecule has 3 rings (SSSR count). The maximum Gasteiger partial charge on any atom is 0.253 e. The van der Waals surface area contributed by atoms with Gasteiger partial charge in [-0.3, -0.25) is 24.7 Å². The summed E-state index contributed by atoms with van der Waals surface area (Å²) in [5.41, 5.74) is 1.30. The van der Waals surface area contributed by atoms with Crippen LogP contribution in [0.1, 0.15) is 23.2 Å². The van der Waals surface area contributed by atoms with Gasteiger partial charge in [-0.1, -0.05) is 0 Å². The van der Waals surface area contributed by atoms with E-state index < -0.39 is 11.9 Å². The van der Waals surface area contributed by atoms with E-state index in [1.54, 1.807) is 12.3 Å². The van der Waals surface area contributed by atoms with Crippen molar-refractivity contribution in [2.45, 2.75) is 18.9 Å². The molecule has 0 bridgehead atoms. The summed E-state index contributed by atoms with van der Waals surface area (Å²) in [4.78, 5) is 41.5. The van der Waals surface area contributed by atoms with E-state index >= 15 is 0 Å². The number of anilines is 1. The SMILES string of the molecule is O=C1CCC(NC(=O)c2cncc(N3CCNCC3)c2)C(=O)N1. The van der Waals surface area contributed by atoms with Gasteiger partial charge in [0.1, 0.15) is 6.04 Å². The zero-order valence-corrected chi connectivity index (χ0v) is 12.7. The third-order valence-corrected chi connectivity index (χ3v) is 4.01. The molecule has 0 spiro atoms. The summed E-state index contributed by atoms with van der Waals surface area (Å²) in [7, 11) is 0. The average Bonchev–Trinajstić information content (AvgIpc) is 2.58. The van der Waals surface area contributed by atoms with E-state index in [1.165, 1.54) is 6.20 Å². The molecule has 2 aliphatic heterocycles. The van der Waals surface area contributed by atoms with Crippen LogP contribution in [0.5, 0.6) is 0 Å². The molecule has 122 valence electrons. The summed E-state index contributed by atoms with van der Waals surface area (Å²) >= 11 is 0. The Hall–Kier alpha value is -2.48. The number of hydrogen-bond acceptors (Lipinski definition) is 6. The number of piperazine rings is 1. The molecule has 8 heteroatoms. The van der Waals surface area contributed by atoms with Crippen molar-refractivity contribution < 1.29 is 14.4 Å². The quantitative estimate of drug-likeness (QED) is 0.620. The van der Waals surface area contributed by atoms with E-state index in [1.807, 2.05) is 0 Å². The lowest BCUT2D eigenvalue weighted by atomic mass is 10.1. The minimum Gasteiger partial charge on any atom is -0.368 e. The first-order valence-electron chi connectivity index (χ1n) is 7.69. The molecule has 3 amide bonds. The van der Waals surface area contributed by atoms with Crippen LogP contribution in [0, 0.1) is 0 Å². The van der Waals surface area contributed by atoms with Crippen molar-refractivity contribution in [2.75, 3.05) is 31.1 Å². The molecule has 2 fully saturated rings. The fraction of sp³-hybridized carbons (Fsp3) is 0.467. The number of hydrogen-bond donors (Lipinski definition) is 3. The van der Waals surface area contributed by atoms with Crippen LogP contribution in [0.4, 0.5) is 5.69 Å². The summed E-state index contributed by atoms with van der Waals surface area (Å²) in [5, 5.41) is 8.16. The van der Waals surface area contributed by atoms with E-state index in [9.17, 15) is 14.4 Å². The second-order valence-corrected chi connectivity index (χ2v) is 5.65. The van der Waals surface area contributed by atoms with Gasteiger partial charge in [-0.2, -0.15) is 0 Å².